The Morgan fingerprint density at radius 2 is 1.68 bits per heavy atom. The molecule has 0 spiro atoms. The topological polar surface area (TPSA) is 29.5 Å². The van der Waals surface area contributed by atoms with Crippen molar-refractivity contribution in [2.45, 2.75) is 91.3 Å². The summed E-state index contributed by atoms with van der Waals surface area (Å²) in [6.07, 6.45) is 11.5. The molecule has 2 heterocycles. The van der Waals surface area contributed by atoms with Gasteiger partial charge in [0.25, 0.3) is 0 Å². The van der Waals surface area contributed by atoms with Crippen LogP contribution in [0.1, 0.15) is 80.1 Å². The average molecular weight is 309 g/mol. The predicted octanol–water partition coefficient (Wildman–Crippen LogP) is 5.42. The van der Waals surface area contributed by atoms with Crippen LogP contribution in [0.25, 0.3) is 0 Å². The third-order valence-electron chi connectivity index (χ3n) is 5.07. The van der Waals surface area contributed by atoms with Gasteiger partial charge in [0.05, 0.1) is 17.8 Å². The van der Waals surface area contributed by atoms with Crippen LogP contribution in [0, 0.1) is 5.92 Å². The van der Waals surface area contributed by atoms with Gasteiger partial charge in [-0.05, 0) is 86.0 Å². The maximum atomic E-state index is 8.55. The van der Waals surface area contributed by atoms with Gasteiger partial charge in [0.2, 0.25) is 0 Å². The number of aliphatic hydroxyl groups is 1. The van der Waals surface area contributed by atoms with E-state index in [0.717, 1.165) is 18.8 Å². The van der Waals surface area contributed by atoms with E-state index in [-0.39, 0.29) is 17.8 Å². The number of aliphatic hydroxyl groups excluding tert-OH is 1. The minimum absolute atomic E-state index is 0.158. The monoisotopic (exact) mass is 308 g/mol. The SMILES string of the molecule is CC(C)=CCC/C(C)=C/CO.CC12CCC(CC1)C(C)(C)O2. The predicted molar refractivity (Wildman–Crippen MR) is 95.0 cm³/mol. The highest BCUT2D eigenvalue weighted by atomic mass is 16.5. The maximum absolute atomic E-state index is 8.55. The molecule has 2 aliphatic heterocycles. The molecule has 0 aromatic rings. The van der Waals surface area contributed by atoms with E-state index in [1.807, 2.05) is 6.08 Å². The molecule has 3 aliphatic rings. The Morgan fingerprint density at radius 1 is 1.09 bits per heavy atom. The molecule has 0 radical (unpaired) electrons. The van der Waals surface area contributed by atoms with E-state index in [0.29, 0.717) is 0 Å². The van der Waals surface area contributed by atoms with Gasteiger partial charge in [-0.1, -0.05) is 23.3 Å². The van der Waals surface area contributed by atoms with Gasteiger partial charge >= 0.3 is 0 Å². The molecule has 0 unspecified atom stereocenters. The number of hydrogen-bond acceptors (Lipinski definition) is 2. The largest absolute Gasteiger partial charge is 0.392 e. The first-order valence-corrected chi connectivity index (χ1v) is 8.78. The first kappa shape index (κ1) is 19.4. The third-order valence-corrected chi connectivity index (χ3v) is 5.07. The van der Waals surface area contributed by atoms with Crippen LogP contribution in [0.4, 0.5) is 0 Å². The fourth-order valence-electron chi connectivity index (χ4n) is 3.59. The van der Waals surface area contributed by atoms with Crippen molar-refractivity contribution in [1.29, 1.82) is 0 Å². The van der Waals surface area contributed by atoms with Crippen LogP contribution < -0.4 is 0 Å². The number of allylic oxidation sites excluding steroid dienone is 3. The summed E-state index contributed by atoms with van der Waals surface area (Å²) in [5.41, 5.74) is 3.01. The molecule has 1 aliphatic carbocycles. The van der Waals surface area contributed by atoms with Gasteiger partial charge in [-0.25, -0.2) is 0 Å². The second-order valence-corrected chi connectivity index (χ2v) is 7.98. The van der Waals surface area contributed by atoms with Crippen LogP contribution in [0.2, 0.25) is 0 Å². The van der Waals surface area contributed by atoms with E-state index in [9.17, 15) is 0 Å². The normalized spacial score (nSPS) is 29.6. The molecule has 0 atom stereocenters. The van der Waals surface area contributed by atoms with Gasteiger partial charge in [0.15, 0.2) is 0 Å². The summed E-state index contributed by atoms with van der Waals surface area (Å²) in [6, 6.07) is 0. The fourth-order valence-corrected chi connectivity index (χ4v) is 3.59. The second-order valence-electron chi connectivity index (χ2n) is 7.98. The summed E-state index contributed by atoms with van der Waals surface area (Å²) < 4.78 is 6.06. The van der Waals surface area contributed by atoms with E-state index in [1.54, 1.807) is 0 Å². The summed E-state index contributed by atoms with van der Waals surface area (Å²) in [4.78, 5) is 0. The Bertz CT molecular complexity index is 389. The first-order chi connectivity index (χ1) is 10.2. The molecule has 2 heteroatoms. The average Bonchev–Trinajstić information content (AvgIpc) is 2.37. The summed E-state index contributed by atoms with van der Waals surface area (Å²) in [5, 5.41) is 8.55. The Labute approximate surface area is 137 Å². The van der Waals surface area contributed by atoms with E-state index in [1.165, 1.54) is 36.8 Å². The lowest BCUT2D eigenvalue weighted by Gasteiger charge is -2.54. The first-order valence-electron chi connectivity index (χ1n) is 8.78. The molecule has 2 bridgehead atoms. The van der Waals surface area contributed by atoms with Crippen molar-refractivity contribution < 1.29 is 9.84 Å². The van der Waals surface area contributed by atoms with Crippen molar-refractivity contribution in [3.8, 4) is 0 Å². The Balaban J connectivity index is 0.000000220. The van der Waals surface area contributed by atoms with Crippen LogP contribution in [0.3, 0.4) is 0 Å². The number of rotatable bonds is 4. The van der Waals surface area contributed by atoms with Crippen LogP contribution >= 0.6 is 0 Å². The highest BCUT2D eigenvalue weighted by Gasteiger charge is 2.47. The molecule has 0 aromatic heterocycles. The van der Waals surface area contributed by atoms with Gasteiger partial charge < -0.3 is 9.84 Å². The standard InChI is InChI=1S/2C10H18O/c1-9(2)8-4-6-10(3,11-9)7-5-8;1-9(2)5-4-6-10(3)7-8-11/h8H,4-7H2,1-3H3;5,7,11H,4,6,8H2,1-3H3/b;10-7+. The third kappa shape index (κ3) is 6.26. The Morgan fingerprint density at radius 3 is 2.05 bits per heavy atom. The zero-order chi connectivity index (χ0) is 16.8. The molecule has 3 rings (SSSR count). The molecule has 1 saturated carbocycles. The van der Waals surface area contributed by atoms with Crippen LogP contribution in [0.5, 0.6) is 0 Å². The highest BCUT2D eigenvalue weighted by molar-refractivity contribution is 5.02. The summed E-state index contributed by atoms with van der Waals surface area (Å²) >= 11 is 0. The van der Waals surface area contributed by atoms with Crippen molar-refractivity contribution in [3.63, 3.8) is 0 Å². The lowest BCUT2D eigenvalue weighted by Crippen LogP contribution is -2.53. The smallest absolute Gasteiger partial charge is 0.0662 e. The minimum atomic E-state index is 0.158. The van der Waals surface area contributed by atoms with E-state index in [2.05, 4.69) is 47.6 Å². The van der Waals surface area contributed by atoms with E-state index in [4.69, 9.17) is 9.84 Å². The van der Waals surface area contributed by atoms with Crippen LogP contribution in [-0.4, -0.2) is 22.9 Å². The van der Waals surface area contributed by atoms with Crippen LogP contribution in [-0.2, 0) is 4.74 Å². The summed E-state index contributed by atoms with van der Waals surface area (Å²) in [6.45, 7) is 13.2. The van der Waals surface area contributed by atoms with Gasteiger partial charge in [-0.2, -0.15) is 0 Å². The quantitative estimate of drug-likeness (QED) is 0.703. The summed E-state index contributed by atoms with van der Waals surface area (Å²) in [7, 11) is 0. The number of hydrogen-bond donors (Lipinski definition) is 1. The van der Waals surface area contributed by atoms with Crippen molar-refractivity contribution in [2.24, 2.45) is 5.92 Å². The van der Waals surface area contributed by atoms with Crippen molar-refractivity contribution in [1.82, 2.24) is 0 Å². The van der Waals surface area contributed by atoms with Gasteiger partial charge in [-0.3, -0.25) is 0 Å². The minimum Gasteiger partial charge on any atom is -0.392 e. The van der Waals surface area contributed by atoms with Crippen LogP contribution in [0.15, 0.2) is 23.3 Å². The Kier molecular flexibility index (Phi) is 7.34. The zero-order valence-electron chi connectivity index (χ0n) is 15.5. The number of ether oxygens (including phenoxy) is 1. The molecule has 128 valence electrons. The van der Waals surface area contributed by atoms with Gasteiger partial charge in [-0.15, -0.1) is 0 Å². The molecule has 3 fully saturated rings. The van der Waals surface area contributed by atoms with Crippen molar-refractivity contribution >= 4 is 0 Å². The van der Waals surface area contributed by atoms with Gasteiger partial charge in [0, 0.05) is 0 Å². The fraction of sp³-hybridized carbons (Fsp3) is 0.800. The van der Waals surface area contributed by atoms with E-state index < -0.39 is 0 Å². The molecule has 2 nitrogen and oxygen atoms in total. The zero-order valence-corrected chi connectivity index (χ0v) is 15.5. The molecule has 0 amide bonds. The molecule has 22 heavy (non-hydrogen) atoms. The molecule has 0 aromatic carbocycles. The van der Waals surface area contributed by atoms with Gasteiger partial charge in [0.1, 0.15) is 0 Å². The maximum Gasteiger partial charge on any atom is 0.0662 e. The lowest BCUT2D eigenvalue weighted by molar-refractivity contribution is -0.229. The van der Waals surface area contributed by atoms with Crippen molar-refractivity contribution in [2.75, 3.05) is 6.61 Å². The van der Waals surface area contributed by atoms with E-state index >= 15 is 0 Å². The highest BCUT2D eigenvalue weighted by Crippen LogP contribution is 2.49. The summed E-state index contributed by atoms with van der Waals surface area (Å²) in [5.74, 6) is 0.823. The molecule has 2 saturated heterocycles. The lowest BCUT2D eigenvalue weighted by atomic mass is 9.69. The second kappa shape index (κ2) is 8.31. The Hall–Kier alpha value is -0.600. The molecular formula is C20H36O2. The molecular weight excluding hydrogens is 272 g/mol. The van der Waals surface area contributed by atoms with Crippen molar-refractivity contribution in [3.05, 3.63) is 23.3 Å². The number of fused-ring (bicyclic) bond motifs is 3. The molecule has 1 N–H and O–H groups in total.